The topological polar surface area (TPSA) is 94.0 Å². The summed E-state index contributed by atoms with van der Waals surface area (Å²) in [5.74, 6) is 1.77. The van der Waals surface area contributed by atoms with Gasteiger partial charge in [0.2, 0.25) is 11.7 Å². The van der Waals surface area contributed by atoms with E-state index < -0.39 is 0 Å². The number of nitrogens with two attached hydrogens (primary N) is 1. The molecular weight excluding hydrogens is 316 g/mol. The van der Waals surface area contributed by atoms with E-state index in [4.69, 9.17) is 10.3 Å². The van der Waals surface area contributed by atoms with Crippen molar-refractivity contribution < 1.29 is 4.52 Å². The third-order valence-corrected chi connectivity index (χ3v) is 4.46. The van der Waals surface area contributed by atoms with E-state index in [1.807, 2.05) is 6.07 Å². The summed E-state index contributed by atoms with van der Waals surface area (Å²) in [6.07, 6.45) is 3.58. The zero-order chi connectivity index (χ0) is 17.1. The molecule has 1 fully saturated rings. The predicted molar refractivity (Wildman–Crippen MR) is 93.4 cm³/mol. The molecule has 2 aromatic heterocycles. The molecule has 0 aliphatic carbocycles. The van der Waals surface area contributed by atoms with E-state index in [2.05, 4.69) is 49.3 Å². The van der Waals surface area contributed by atoms with E-state index in [0.29, 0.717) is 23.2 Å². The average Bonchev–Trinajstić information content (AvgIpc) is 3.13. The second-order valence-corrected chi connectivity index (χ2v) is 6.34. The molecule has 0 spiro atoms. The van der Waals surface area contributed by atoms with Crippen molar-refractivity contribution in [2.24, 2.45) is 0 Å². The Morgan fingerprint density at radius 2 is 2.08 bits per heavy atom. The summed E-state index contributed by atoms with van der Waals surface area (Å²) in [7, 11) is 0. The zero-order valence-electron chi connectivity index (χ0n) is 13.9. The Bertz CT molecular complexity index is 834. The molecule has 1 aromatic carbocycles. The van der Waals surface area contributed by atoms with E-state index in [0.717, 1.165) is 32.5 Å². The highest BCUT2D eigenvalue weighted by molar-refractivity contribution is 5.52. The van der Waals surface area contributed by atoms with Crippen LogP contribution in [-0.4, -0.2) is 38.1 Å². The minimum absolute atomic E-state index is 0.248. The highest BCUT2D eigenvalue weighted by atomic mass is 16.5. The van der Waals surface area contributed by atoms with Gasteiger partial charge in [-0.15, -0.1) is 0 Å². The van der Waals surface area contributed by atoms with Crippen LogP contribution in [0.2, 0.25) is 0 Å². The third-order valence-electron chi connectivity index (χ3n) is 4.46. The summed E-state index contributed by atoms with van der Waals surface area (Å²) in [4.78, 5) is 15.0. The fourth-order valence-electron chi connectivity index (χ4n) is 3.24. The lowest BCUT2D eigenvalue weighted by atomic mass is 9.97. The molecule has 4 rings (SSSR count). The van der Waals surface area contributed by atoms with Crippen molar-refractivity contribution in [3.8, 4) is 11.5 Å². The molecule has 2 N–H and O–H groups in total. The van der Waals surface area contributed by atoms with Crippen molar-refractivity contribution in [2.45, 2.75) is 25.3 Å². The number of nitrogen functional groups attached to an aromatic ring is 1. The maximum absolute atomic E-state index is 5.69. The normalized spacial score (nSPS) is 18.3. The quantitative estimate of drug-likeness (QED) is 0.782. The molecule has 128 valence electrons. The third kappa shape index (κ3) is 3.66. The highest BCUT2D eigenvalue weighted by Gasteiger charge is 2.26. The van der Waals surface area contributed by atoms with Crippen LogP contribution >= 0.6 is 0 Å². The number of aromatic nitrogens is 4. The highest BCUT2D eigenvalue weighted by Crippen LogP contribution is 2.28. The summed E-state index contributed by atoms with van der Waals surface area (Å²) in [6, 6.07) is 12.2. The van der Waals surface area contributed by atoms with Crippen molar-refractivity contribution in [2.75, 3.05) is 18.8 Å². The molecule has 3 aromatic rings. The molecule has 0 unspecified atom stereocenters. The molecule has 7 heteroatoms. The predicted octanol–water partition coefficient (Wildman–Crippen LogP) is 2.49. The van der Waals surface area contributed by atoms with Gasteiger partial charge in [0.1, 0.15) is 17.8 Å². The number of benzene rings is 1. The molecule has 1 aliphatic rings. The minimum atomic E-state index is 0.248. The van der Waals surface area contributed by atoms with E-state index in [9.17, 15) is 0 Å². The van der Waals surface area contributed by atoms with Crippen molar-refractivity contribution in [1.29, 1.82) is 0 Å². The Kier molecular flexibility index (Phi) is 4.39. The molecule has 1 aliphatic heterocycles. The second kappa shape index (κ2) is 6.98. The van der Waals surface area contributed by atoms with Gasteiger partial charge in [0.05, 0.1) is 5.92 Å². The van der Waals surface area contributed by atoms with Crippen molar-refractivity contribution in [1.82, 2.24) is 25.0 Å². The first-order chi connectivity index (χ1) is 12.3. The number of anilines is 1. The lowest BCUT2D eigenvalue weighted by Gasteiger charge is -2.30. The average molecular weight is 336 g/mol. The van der Waals surface area contributed by atoms with E-state index in [1.165, 1.54) is 11.9 Å². The van der Waals surface area contributed by atoms with E-state index in [1.54, 1.807) is 6.07 Å². The van der Waals surface area contributed by atoms with Crippen LogP contribution in [-0.2, 0) is 6.54 Å². The first-order valence-electron chi connectivity index (χ1n) is 8.46. The van der Waals surface area contributed by atoms with Crippen molar-refractivity contribution >= 4 is 5.82 Å². The number of piperidine rings is 1. The number of likely N-dealkylation sites (tertiary alicyclic amines) is 1. The van der Waals surface area contributed by atoms with Gasteiger partial charge in [-0.05, 0) is 24.9 Å². The van der Waals surface area contributed by atoms with Crippen molar-refractivity contribution in [3.63, 3.8) is 0 Å². The van der Waals surface area contributed by atoms with Crippen LogP contribution in [0.1, 0.15) is 30.2 Å². The van der Waals surface area contributed by atoms with E-state index >= 15 is 0 Å². The molecule has 0 amide bonds. The molecular formula is C18H20N6O. The van der Waals surface area contributed by atoms with Gasteiger partial charge < -0.3 is 10.3 Å². The standard InChI is InChI=1S/C18H20N6O/c19-16-9-15(20-12-21-16)17-22-18(25-23-17)14-7-4-8-24(11-14)10-13-5-2-1-3-6-13/h1-3,5-6,9,12,14H,4,7-8,10-11H2,(H2,19,20,21)/t14-/m0/s1. The van der Waals surface area contributed by atoms with Gasteiger partial charge in [0.25, 0.3) is 0 Å². The van der Waals surface area contributed by atoms with Crippen LogP contribution in [0.15, 0.2) is 47.2 Å². The van der Waals surface area contributed by atoms with Gasteiger partial charge in [-0.2, -0.15) is 4.98 Å². The summed E-state index contributed by atoms with van der Waals surface area (Å²) >= 11 is 0. The SMILES string of the molecule is Nc1cc(-c2noc([C@H]3CCCN(Cc4ccccc4)C3)n2)ncn1. The van der Waals surface area contributed by atoms with Gasteiger partial charge in [-0.3, -0.25) is 4.90 Å². The second-order valence-electron chi connectivity index (χ2n) is 6.34. The Morgan fingerprint density at radius 3 is 2.92 bits per heavy atom. The van der Waals surface area contributed by atoms with Crippen LogP contribution in [0, 0.1) is 0 Å². The molecule has 25 heavy (non-hydrogen) atoms. The van der Waals surface area contributed by atoms with E-state index in [-0.39, 0.29) is 5.92 Å². The molecule has 0 saturated carbocycles. The molecule has 0 bridgehead atoms. The largest absolute Gasteiger partial charge is 0.384 e. The Morgan fingerprint density at radius 1 is 1.20 bits per heavy atom. The van der Waals surface area contributed by atoms with Crippen LogP contribution in [0.5, 0.6) is 0 Å². The number of nitrogens with zero attached hydrogens (tertiary/aromatic N) is 5. The van der Waals surface area contributed by atoms with Gasteiger partial charge in [-0.25, -0.2) is 9.97 Å². The zero-order valence-corrected chi connectivity index (χ0v) is 13.9. The summed E-state index contributed by atoms with van der Waals surface area (Å²) in [5, 5.41) is 4.06. The number of rotatable bonds is 4. The number of hydrogen-bond donors (Lipinski definition) is 1. The molecule has 0 radical (unpaired) electrons. The van der Waals surface area contributed by atoms with Crippen LogP contribution < -0.4 is 5.73 Å². The number of hydrogen-bond acceptors (Lipinski definition) is 7. The Balaban J connectivity index is 1.46. The first-order valence-corrected chi connectivity index (χ1v) is 8.46. The lowest BCUT2D eigenvalue weighted by molar-refractivity contribution is 0.180. The Labute approximate surface area is 145 Å². The maximum atomic E-state index is 5.69. The fraction of sp³-hybridized carbons (Fsp3) is 0.333. The molecule has 3 heterocycles. The van der Waals surface area contributed by atoms with Gasteiger partial charge in [-0.1, -0.05) is 35.5 Å². The molecule has 7 nitrogen and oxygen atoms in total. The maximum Gasteiger partial charge on any atom is 0.231 e. The molecule has 1 saturated heterocycles. The smallest absolute Gasteiger partial charge is 0.231 e. The first kappa shape index (κ1) is 15.7. The monoisotopic (exact) mass is 336 g/mol. The summed E-state index contributed by atoms with van der Waals surface area (Å²) in [6.45, 7) is 2.96. The summed E-state index contributed by atoms with van der Waals surface area (Å²) < 4.78 is 5.51. The van der Waals surface area contributed by atoms with Crippen LogP contribution in [0.4, 0.5) is 5.82 Å². The van der Waals surface area contributed by atoms with Gasteiger partial charge in [0, 0.05) is 19.2 Å². The van der Waals surface area contributed by atoms with Gasteiger partial charge >= 0.3 is 0 Å². The van der Waals surface area contributed by atoms with Crippen molar-refractivity contribution in [3.05, 3.63) is 54.2 Å². The lowest BCUT2D eigenvalue weighted by Crippen LogP contribution is -2.34. The van der Waals surface area contributed by atoms with Crippen LogP contribution in [0.3, 0.4) is 0 Å². The molecule has 1 atom stereocenters. The fourth-order valence-corrected chi connectivity index (χ4v) is 3.24. The minimum Gasteiger partial charge on any atom is -0.384 e. The van der Waals surface area contributed by atoms with Crippen LogP contribution in [0.25, 0.3) is 11.5 Å². The van der Waals surface area contributed by atoms with Gasteiger partial charge in [0.15, 0.2) is 0 Å². The summed E-state index contributed by atoms with van der Waals surface area (Å²) in [5.41, 5.74) is 7.60. The Hall–Kier alpha value is -2.80.